The molecule has 1 saturated heterocycles. The zero-order valence-electron chi connectivity index (χ0n) is 10.7. The van der Waals surface area contributed by atoms with Crippen molar-refractivity contribution in [1.29, 1.82) is 0 Å². The molecule has 0 spiro atoms. The first kappa shape index (κ1) is 14.5. The summed E-state index contributed by atoms with van der Waals surface area (Å²) >= 11 is 0. The van der Waals surface area contributed by atoms with Crippen LogP contribution >= 0.6 is 0 Å². The second-order valence-electron chi connectivity index (χ2n) is 4.63. The summed E-state index contributed by atoms with van der Waals surface area (Å²) in [5.41, 5.74) is -0.650. The maximum Gasteiger partial charge on any atom is 0.309 e. The lowest BCUT2D eigenvalue weighted by Crippen LogP contribution is -2.48. The van der Waals surface area contributed by atoms with Gasteiger partial charge in [0.2, 0.25) is 5.91 Å². The summed E-state index contributed by atoms with van der Waals surface area (Å²) < 4.78 is 0. The van der Waals surface area contributed by atoms with Crippen molar-refractivity contribution >= 4 is 11.9 Å². The van der Waals surface area contributed by atoms with Crippen LogP contribution in [0.25, 0.3) is 0 Å². The van der Waals surface area contributed by atoms with Gasteiger partial charge in [-0.15, -0.1) is 6.42 Å². The highest BCUT2D eigenvalue weighted by Gasteiger charge is 2.40. The number of carboxylic acid groups (broad SMARTS) is 1. The molecule has 0 unspecified atom stereocenters. The van der Waals surface area contributed by atoms with E-state index < -0.39 is 11.4 Å². The van der Waals surface area contributed by atoms with Crippen LogP contribution in [0.15, 0.2) is 0 Å². The number of amides is 1. The first-order valence-corrected chi connectivity index (χ1v) is 6.21. The lowest BCUT2D eigenvalue weighted by atomic mass is 9.76. The minimum absolute atomic E-state index is 0.0136. The van der Waals surface area contributed by atoms with Crippen molar-refractivity contribution in [2.45, 2.75) is 26.2 Å². The van der Waals surface area contributed by atoms with Gasteiger partial charge < -0.3 is 10.0 Å². The van der Waals surface area contributed by atoms with E-state index in [4.69, 9.17) is 6.42 Å². The van der Waals surface area contributed by atoms with Crippen molar-refractivity contribution in [3.63, 3.8) is 0 Å². The molecule has 1 rings (SSSR count). The predicted octanol–water partition coefficient (Wildman–Crippen LogP) is 0.313. The Morgan fingerprint density at radius 1 is 1.44 bits per heavy atom. The maximum atomic E-state index is 11.8. The SMILES string of the molecule is C#CCNCC(=O)N1CCC(CC)(C(=O)O)CC1. The lowest BCUT2D eigenvalue weighted by Gasteiger charge is -2.38. The van der Waals surface area contributed by atoms with E-state index in [1.165, 1.54) is 0 Å². The number of hydrogen-bond donors (Lipinski definition) is 2. The van der Waals surface area contributed by atoms with Crippen LogP contribution in [0.4, 0.5) is 0 Å². The van der Waals surface area contributed by atoms with E-state index in [1.807, 2.05) is 6.92 Å². The molecule has 0 bridgehead atoms. The zero-order valence-corrected chi connectivity index (χ0v) is 10.7. The van der Waals surface area contributed by atoms with E-state index in [2.05, 4.69) is 11.2 Å². The Balaban J connectivity index is 2.46. The molecular formula is C13H20N2O3. The molecule has 2 N–H and O–H groups in total. The van der Waals surface area contributed by atoms with E-state index in [9.17, 15) is 14.7 Å². The van der Waals surface area contributed by atoms with Crippen LogP contribution in [0.5, 0.6) is 0 Å². The molecule has 18 heavy (non-hydrogen) atoms. The van der Waals surface area contributed by atoms with Crippen LogP contribution in [0.1, 0.15) is 26.2 Å². The molecule has 0 saturated carbocycles. The molecule has 5 nitrogen and oxygen atoms in total. The standard InChI is InChI=1S/C13H20N2O3/c1-3-7-14-10-11(16)15-8-5-13(4-2,6-9-15)12(17)18/h1,14H,4-10H2,2H3,(H,17,18). The molecule has 5 heteroatoms. The van der Waals surface area contributed by atoms with E-state index in [-0.39, 0.29) is 12.5 Å². The van der Waals surface area contributed by atoms with Crippen LogP contribution < -0.4 is 5.32 Å². The summed E-state index contributed by atoms with van der Waals surface area (Å²) in [6.07, 6.45) is 6.74. The molecule has 0 aliphatic carbocycles. The Morgan fingerprint density at radius 2 is 2.06 bits per heavy atom. The Bertz CT molecular complexity index is 352. The van der Waals surface area contributed by atoms with Gasteiger partial charge in [-0.2, -0.15) is 0 Å². The molecule has 0 aromatic heterocycles. The molecule has 1 amide bonds. The number of aliphatic carboxylic acids is 1. The second kappa shape index (κ2) is 6.41. The van der Waals surface area contributed by atoms with Gasteiger partial charge in [0.15, 0.2) is 0 Å². The van der Waals surface area contributed by atoms with Gasteiger partial charge in [0, 0.05) is 13.1 Å². The summed E-state index contributed by atoms with van der Waals surface area (Å²) in [6.45, 7) is 3.50. The number of hydrogen-bond acceptors (Lipinski definition) is 3. The van der Waals surface area contributed by atoms with E-state index in [1.54, 1.807) is 4.90 Å². The average Bonchev–Trinajstić information content (AvgIpc) is 2.38. The van der Waals surface area contributed by atoms with E-state index >= 15 is 0 Å². The lowest BCUT2D eigenvalue weighted by molar-refractivity contribution is -0.154. The Labute approximate surface area is 108 Å². The molecule has 1 aliphatic rings. The zero-order chi connectivity index (χ0) is 13.6. The molecule has 0 atom stereocenters. The van der Waals surface area contributed by atoms with Crippen LogP contribution in [-0.4, -0.2) is 48.1 Å². The summed E-state index contributed by atoms with van der Waals surface area (Å²) in [5, 5.41) is 12.1. The van der Waals surface area contributed by atoms with Crippen LogP contribution in [0, 0.1) is 17.8 Å². The number of nitrogens with zero attached hydrogens (tertiary/aromatic N) is 1. The van der Waals surface area contributed by atoms with Crippen molar-refractivity contribution in [2.24, 2.45) is 5.41 Å². The van der Waals surface area contributed by atoms with Crippen molar-refractivity contribution < 1.29 is 14.7 Å². The van der Waals surface area contributed by atoms with Gasteiger partial charge in [-0.05, 0) is 19.3 Å². The Kier molecular flexibility index (Phi) is 5.17. The van der Waals surface area contributed by atoms with Gasteiger partial charge in [-0.3, -0.25) is 14.9 Å². The van der Waals surface area contributed by atoms with Crippen LogP contribution in [-0.2, 0) is 9.59 Å². The van der Waals surface area contributed by atoms with Gasteiger partial charge >= 0.3 is 5.97 Å². The predicted molar refractivity (Wildman–Crippen MR) is 67.9 cm³/mol. The Morgan fingerprint density at radius 3 is 2.50 bits per heavy atom. The smallest absolute Gasteiger partial charge is 0.309 e. The molecule has 0 aromatic carbocycles. The molecule has 1 fully saturated rings. The highest BCUT2D eigenvalue weighted by Crippen LogP contribution is 2.34. The topological polar surface area (TPSA) is 69.6 Å². The molecule has 1 aliphatic heterocycles. The van der Waals surface area contributed by atoms with Gasteiger partial charge in [0.1, 0.15) is 0 Å². The largest absolute Gasteiger partial charge is 0.481 e. The first-order valence-electron chi connectivity index (χ1n) is 6.21. The average molecular weight is 252 g/mol. The van der Waals surface area contributed by atoms with Gasteiger partial charge in [-0.1, -0.05) is 12.8 Å². The summed E-state index contributed by atoms with van der Waals surface area (Å²) in [5.74, 6) is 1.64. The van der Waals surface area contributed by atoms with Crippen molar-refractivity contribution in [3.05, 3.63) is 0 Å². The van der Waals surface area contributed by atoms with Crippen molar-refractivity contribution in [3.8, 4) is 12.3 Å². The number of carbonyl (C=O) groups excluding carboxylic acids is 1. The first-order chi connectivity index (χ1) is 8.55. The number of carboxylic acids is 1. The van der Waals surface area contributed by atoms with Gasteiger partial charge in [0.25, 0.3) is 0 Å². The fraction of sp³-hybridized carbons (Fsp3) is 0.692. The fourth-order valence-electron chi connectivity index (χ4n) is 2.26. The number of nitrogens with one attached hydrogen (secondary N) is 1. The third-order valence-electron chi connectivity index (χ3n) is 3.71. The number of likely N-dealkylation sites (tertiary alicyclic amines) is 1. The number of rotatable bonds is 5. The quantitative estimate of drug-likeness (QED) is 0.546. The second-order valence-corrected chi connectivity index (χ2v) is 4.63. The third-order valence-corrected chi connectivity index (χ3v) is 3.71. The normalized spacial score (nSPS) is 18.1. The molecule has 0 aromatic rings. The number of terminal acetylenes is 1. The highest BCUT2D eigenvalue weighted by atomic mass is 16.4. The summed E-state index contributed by atoms with van der Waals surface area (Å²) in [6, 6.07) is 0. The minimum atomic E-state index is -0.748. The maximum absolute atomic E-state index is 11.8. The molecular weight excluding hydrogens is 232 g/mol. The van der Waals surface area contributed by atoms with Crippen molar-refractivity contribution in [2.75, 3.05) is 26.2 Å². The van der Waals surface area contributed by atoms with E-state index in [0.29, 0.717) is 38.9 Å². The van der Waals surface area contributed by atoms with E-state index in [0.717, 1.165) is 0 Å². The monoisotopic (exact) mass is 252 g/mol. The van der Waals surface area contributed by atoms with Gasteiger partial charge in [-0.25, -0.2) is 0 Å². The summed E-state index contributed by atoms with van der Waals surface area (Å²) in [4.78, 5) is 24.8. The van der Waals surface area contributed by atoms with Crippen molar-refractivity contribution in [1.82, 2.24) is 10.2 Å². The Hall–Kier alpha value is -1.54. The van der Waals surface area contributed by atoms with Crippen LogP contribution in [0.3, 0.4) is 0 Å². The van der Waals surface area contributed by atoms with Gasteiger partial charge in [0.05, 0.1) is 18.5 Å². The minimum Gasteiger partial charge on any atom is -0.481 e. The molecule has 1 heterocycles. The third kappa shape index (κ3) is 3.23. The van der Waals surface area contributed by atoms with Crippen LogP contribution in [0.2, 0.25) is 0 Å². The molecule has 0 radical (unpaired) electrons. The fourth-order valence-corrected chi connectivity index (χ4v) is 2.26. The number of carbonyl (C=O) groups is 2. The molecule has 100 valence electrons. The number of piperidine rings is 1. The summed E-state index contributed by atoms with van der Waals surface area (Å²) in [7, 11) is 0. The highest BCUT2D eigenvalue weighted by molar-refractivity contribution is 5.79.